The van der Waals surface area contributed by atoms with Gasteiger partial charge >= 0.3 is 0 Å². The SMILES string of the molecule is N#Cc1ccc(Cl)c(NS(=O)(=O)c2ccc(Br)c(F)c2)c1. The van der Waals surface area contributed by atoms with Crippen molar-refractivity contribution >= 4 is 43.2 Å². The average molecular weight is 390 g/mol. The zero-order chi connectivity index (χ0) is 15.6. The highest BCUT2D eigenvalue weighted by Gasteiger charge is 2.17. The highest BCUT2D eigenvalue weighted by molar-refractivity contribution is 9.10. The molecule has 0 aliphatic rings. The van der Waals surface area contributed by atoms with Crippen LogP contribution in [0, 0.1) is 17.1 Å². The number of anilines is 1. The molecule has 0 atom stereocenters. The molecule has 0 saturated carbocycles. The lowest BCUT2D eigenvalue weighted by Crippen LogP contribution is -2.13. The molecule has 0 fully saturated rings. The minimum Gasteiger partial charge on any atom is -0.278 e. The minimum atomic E-state index is -4.00. The van der Waals surface area contributed by atoms with E-state index < -0.39 is 15.8 Å². The Morgan fingerprint density at radius 3 is 2.57 bits per heavy atom. The summed E-state index contributed by atoms with van der Waals surface area (Å²) in [6.45, 7) is 0. The summed E-state index contributed by atoms with van der Waals surface area (Å²) in [4.78, 5) is -0.248. The molecule has 0 aliphatic carbocycles. The van der Waals surface area contributed by atoms with Crippen LogP contribution in [0.15, 0.2) is 45.8 Å². The molecular formula is C13H7BrClFN2O2S. The molecule has 0 heterocycles. The van der Waals surface area contributed by atoms with Crippen molar-refractivity contribution in [3.05, 3.63) is 57.3 Å². The normalized spacial score (nSPS) is 11.0. The number of nitrogens with one attached hydrogen (secondary N) is 1. The smallest absolute Gasteiger partial charge is 0.262 e. The van der Waals surface area contributed by atoms with E-state index in [4.69, 9.17) is 16.9 Å². The number of hydrogen-bond acceptors (Lipinski definition) is 3. The Labute approximate surface area is 134 Å². The van der Waals surface area contributed by atoms with E-state index in [0.717, 1.165) is 6.07 Å². The van der Waals surface area contributed by atoms with Crippen molar-refractivity contribution in [3.8, 4) is 6.07 Å². The maximum absolute atomic E-state index is 13.4. The predicted molar refractivity (Wildman–Crippen MR) is 81.1 cm³/mol. The van der Waals surface area contributed by atoms with E-state index >= 15 is 0 Å². The maximum atomic E-state index is 13.4. The molecule has 8 heteroatoms. The highest BCUT2D eigenvalue weighted by atomic mass is 79.9. The van der Waals surface area contributed by atoms with Gasteiger partial charge in [0, 0.05) is 0 Å². The van der Waals surface area contributed by atoms with E-state index in [-0.39, 0.29) is 25.6 Å². The van der Waals surface area contributed by atoms with E-state index in [2.05, 4.69) is 20.7 Å². The van der Waals surface area contributed by atoms with Crippen LogP contribution in [-0.4, -0.2) is 8.42 Å². The molecule has 2 rings (SSSR count). The number of halogens is 3. The summed E-state index contributed by atoms with van der Waals surface area (Å²) < 4.78 is 40.2. The first-order valence-electron chi connectivity index (χ1n) is 5.51. The molecular weight excluding hydrogens is 383 g/mol. The molecule has 4 nitrogen and oxygen atoms in total. The van der Waals surface area contributed by atoms with Crippen LogP contribution in [0.3, 0.4) is 0 Å². The van der Waals surface area contributed by atoms with Crippen molar-refractivity contribution in [1.29, 1.82) is 5.26 Å². The Bertz CT molecular complexity index is 850. The molecule has 2 aromatic carbocycles. The van der Waals surface area contributed by atoms with Crippen molar-refractivity contribution in [2.45, 2.75) is 4.90 Å². The Hall–Kier alpha value is -1.62. The van der Waals surface area contributed by atoms with Crippen molar-refractivity contribution < 1.29 is 12.8 Å². The molecule has 0 aliphatic heterocycles. The molecule has 21 heavy (non-hydrogen) atoms. The van der Waals surface area contributed by atoms with Crippen LogP contribution < -0.4 is 4.72 Å². The van der Waals surface area contributed by atoms with E-state index in [1.165, 1.54) is 30.3 Å². The Morgan fingerprint density at radius 2 is 1.95 bits per heavy atom. The Kier molecular flexibility index (Phi) is 4.52. The second-order valence-electron chi connectivity index (χ2n) is 3.99. The van der Waals surface area contributed by atoms with Gasteiger partial charge in [-0.3, -0.25) is 4.72 Å². The molecule has 0 bridgehead atoms. The van der Waals surface area contributed by atoms with Crippen LogP contribution in [0.2, 0.25) is 5.02 Å². The fourth-order valence-electron chi connectivity index (χ4n) is 1.52. The number of benzene rings is 2. The largest absolute Gasteiger partial charge is 0.278 e. The van der Waals surface area contributed by atoms with Crippen LogP contribution in [0.4, 0.5) is 10.1 Å². The van der Waals surface area contributed by atoms with E-state index in [1.807, 2.05) is 6.07 Å². The van der Waals surface area contributed by atoms with Gasteiger partial charge in [-0.15, -0.1) is 0 Å². The zero-order valence-electron chi connectivity index (χ0n) is 10.3. The van der Waals surface area contributed by atoms with E-state index in [1.54, 1.807) is 0 Å². The van der Waals surface area contributed by atoms with Crippen LogP contribution in [0.25, 0.3) is 0 Å². The van der Waals surface area contributed by atoms with Gasteiger partial charge in [0.15, 0.2) is 0 Å². The van der Waals surface area contributed by atoms with E-state index in [9.17, 15) is 12.8 Å². The molecule has 1 N–H and O–H groups in total. The van der Waals surface area contributed by atoms with Crippen LogP contribution in [0.5, 0.6) is 0 Å². The monoisotopic (exact) mass is 388 g/mol. The molecule has 0 aromatic heterocycles. The molecule has 108 valence electrons. The lowest BCUT2D eigenvalue weighted by Gasteiger charge is -2.10. The number of nitriles is 1. The fourth-order valence-corrected chi connectivity index (χ4v) is 3.07. The van der Waals surface area contributed by atoms with Gasteiger partial charge in [0.1, 0.15) is 5.82 Å². The summed E-state index contributed by atoms with van der Waals surface area (Å²) in [5.74, 6) is -0.699. The summed E-state index contributed by atoms with van der Waals surface area (Å²) in [5.41, 5.74) is 0.304. The van der Waals surface area contributed by atoms with Crippen molar-refractivity contribution in [2.75, 3.05) is 4.72 Å². The zero-order valence-corrected chi connectivity index (χ0v) is 13.4. The lowest BCUT2D eigenvalue weighted by atomic mass is 10.2. The fraction of sp³-hybridized carbons (Fsp3) is 0. The van der Waals surface area contributed by atoms with Crippen molar-refractivity contribution in [1.82, 2.24) is 0 Å². The van der Waals surface area contributed by atoms with E-state index in [0.29, 0.717) is 0 Å². The second-order valence-corrected chi connectivity index (χ2v) is 6.93. The Morgan fingerprint density at radius 1 is 1.24 bits per heavy atom. The summed E-state index contributed by atoms with van der Waals surface area (Å²) in [5, 5.41) is 8.94. The second kappa shape index (κ2) is 6.02. The molecule has 0 amide bonds. The number of sulfonamides is 1. The van der Waals surface area contributed by atoms with Gasteiger partial charge in [-0.2, -0.15) is 5.26 Å². The lowest BCUT2D eigenvalue weighted by molar-refractivity contribution is 0.593. The standard InChI is InChI=1S/C13H7BrClFN2O2S/c14-10-3-2-9(6-12(10)16)21(19,20)18-13-5-8(7-17)1-4-11(13)15/h1-6,18H. The molecule has 0 radical (unpaired) electrons. The topological polar surface area (TPSA) is 70.0 Å². The van der Waals surface area contributed by atoms with Crippen molar-refractivity contribution in [3.63, 3.8) is 0 Å². The van der Waals surface area contributed by atoms with Crippen LogP contribution in [-0.2, 0) is 10.0 Å². The first-order valence-corrected chi connectivity index (χ1v) is 8.16. The average Bonchev–Trinajstić information content (AvgIpc) is 2.44. The Balaban J connectivity index is 2.42. The van der Waals surface area contributed by atoms with Gasteiger partial charge in [0.2, 0.25) is 0 Å². The van der Waals surface area contributed by atoms with Gasteiger partial charge in [-0.05, 0) is 52.3 Å². The quantitative estimate of drug-likeness (QED) is 0.865. The van der Waals surface area contributed by atoms with Gasteiger partial charge in [-0.25, -0.2) is 12.8 Å². The molecule has 0 spiro atoms. The predicted octanol–water partition coefficient (Wildman–Crippen LogP) is 3.91. The van der Waals surface area contributed by atoms with Gasteiger partial charge in [0.05, 0.1) is 31.7 Å². The number of hydrogen-bond donors (Lipinski definition) is 1. The van der Waals surface area contributed by atoms with Crippen LogP contribution >= 0.6 is 27.5 Å². The molecule has 2 aromatic rings. The summed E-state index contributed by atoms with van der Waals surface area (Å²) >= 11 is 8.83. The van der Waals surface area contributed by atoms with Gasteiger partial charge in [-0.1, -0.05) is 11.6 Å². The first kappa shape index (κ1) is 15.8. The first-order chi connectivity index (χ1) is 9.83. The third-order valence-electron chi connectivity index (χ3n) is 2.54. The van der Waals surface area contributed by atoms with Gasteiger partial charge in [0.25, 0.3) is 10.0 Å². The number of rotatable bonds is 3. The summed E-state index contributed by atoms with van der Waals surface area (Å²) in [7, 11) is -4.00. The van der Waals surface area contributed by atoms with Crippen LogP contribution in [0.1, 0.15) is 5.56 Å². The summed E-state index contributed by atoms with van der Waals surface area (Å²) in [6.07, 6.45) is 0. The van der Waals surface area contributed by atoms with Gasteiger partial charge < -0.3 is 0 Å². The third-order valence-corrected chi connectivity index (χ3v) is 4.88. The minimum absolute atomic E-state index is 0.0547. The third kappa shape index (κ3) is 3.53. The molecule has 0 unspecified atom stereocenters. The number of nitrogens with zero attached hydrogens (tertiary/aromatic N) is 1. The highest BCUT2D eigenvalue weighted by Crippen LogP contribution is 2.27. The maximum Gasteiger partial charge on any atom is 0.262 e. The molecule has 0 saturated heterocycles. The van der Waals surface area contributed by atoms with Crippen molar-refractivity contribution in [2.24, 2.45) is 0 Å². The summed E-state index contributed by atoms with van der Waals surface area (Å²) in [6, 6.07) is 9.46.